The molecule has 5 N–H and O–H groups in total. The molecule has 0 radical (unpaired) electrons. The number of ether oxygens (including phenoxy) is 1. The molecule has 0 spiro atoms. The summed E-state index contributed by atoms with van der Waals surface area (Å²) in [6.07, 6.45) is 11.7. The van der Waals surface area contributed by atoms with Gasteiger partial charge in [0.25, 0.3) is 0 Å². The number of phenolic OH excluding ortho intramolecular Hbond substituents is 1. The Bertz CT molecular complexity index is 1380. The van der Waals surface area contributed by atoms with Crippen molar-refractivity contribution in [3.8, 4) is 23.3 Å². The van der Waals surface area contributed by atoms with Crippen LogP contribution in [0.1, 0.15) is 87.4 Å². The monoisotopic (exact) mass is 584 g/mol. The number of aromatic nitrogens is 2. The van der Waals surface area contributed by atoms with Crippen molar-refractivity contribution in [3.63, 3.8) is 0 Å². The number of nitrogen functional groups attached to an aromatic ring is 1. The number of hydrogen-bond donors (Lipinski definition) is 4. The van der Waals surface area contributed by atoms with Gasteiger partial charge >= 0.3 is 0 Å². The number of pyridine rings is 1. The van der Waals surface area contributed by atoms with Crippen LogP contribution in [0.4, 0.5) is 5.82 Å². The largest absolute Gasteiger partial charge is 0.668 e. The lowest BCUT2D eigenvalue weighted by Gasteiger charge is -2.31. The van der Waals surface area contributed by atoms with Crippen molar-refractivity contribution in [1.29, 1.82) is 0 Å². The number of aromatic hydroxyl groups is 1. The second kappa shape index (κ2) is 14.3. The zero-order chi connectivity index (χ0) is 30.2. The number of nitrogens with two attached hydrogens (primary N) is 1. The van der Waals surface area contributed by atoms with Crippen LogP contribution in [0.5, 0.6) is 11.5 Å². The van der Waals surface area contributed by atoms with Gasteiger partial charge in [-0.05, 0) is 105 Å². The summed E-state index contributed by atoms with van der Waals surface area (Å²) >= 11 is 0. The lowest BCUT2D eigenvalue weighted by atomic mass is 9.78. The molecule has 0 amide bonds. The van der Waals surface area contributed by atoms with Gasteiger partial charge < -0.3 is 30.8 Å². The fourth-order valence-corrected chi connectivity index (χ4v) is 7.02. The first-order valence-electron chi connectivity index (χ1n) is 15.9. The van der Waals surface area contributed by atoms with Gasteiger partial charge in [0.1, 0.15) is 5.82 Å². The third-order valence-electron chi connectivity index (χ3n) is 9.83. The van der Waals surface area contributed by atoms with Crippen molar-refractivity contribution in [2.45, 2.75) is 95.7 Å². The highest BCUT2D eigenvalue weighted by Gasteiger charge is 2.38. The minimum atomic E-state index is -0.656. The van der Waals surface area contributed by atoms with Gasteiger partial charge in [-0.25, -0.2) is 4.98 Å². The number of benzene rings is 1. The molecule has 5 rings (SSSR count). The summed E-state index contributed by atoms with van der Waals surface area (Å²) in [5.41, 5.74) is 9.09. The van der Waals surface area contributed by atoms with E-state index < -0.39 is 12.2 Å². The molecule has 0 aliphatic heterocycles. The first-order valence-corrected chi connectivity index (χ1v) is 15.9. The Hall–Kier alpha value is -3.47. The van der Waals surface area contributed by atoms with Crippen LogP contribution in [0.25, 0.3) is 0 Å². The summed E-state index contributed by atoms with van der Waals surface area (Å²) in [7, 11) is 0. The third kappa shape index (κ3) is 7.93. The van der Waals surface area contributed by atoms with Gasteiger partial charge in [-0.1, -0.05) is 37.5 Å². The van der Waals surface area contributed by atoms with E-state index in [0.717, 1.165) is 61.8 Å². The topological polar surface area (TPSA) is 123 Å². The molecule has 2 aliphatic carbocycles. The van der Waals surface area contributed by atoms with Crippen molar-refractivity contribution in [2.75, 3.05) is 12.3 Å². The summed E-state index contributed by atoms with van der Waals surface area (Å²) in [4.78, 5) is 8.56. The van der Waals surface area contributed by atoms with Crippen LogP contribution in [0.15, 0.2) is 54.9 Å². The smallest absolute Gasteiger partial charge is 0.161 e. The van der Waals surface area contributed by atoms with Gasteiger partial charge in [-0.2, -0.15) is 11.9 Å². The highest BCUT2D eigenvalue weighted by molar-refractivity contribution is 5.42. The molecule has 7 heteroatoms. The number of fused-ring (bicyclic) bond motifs is 3. The molecule has 6 atom stereocenters. The van der Waals surface area contributed by atoms with E-state index in [1.54, 1.807) is 18.5 Å². The Kier molecular flexibility index (Phi) is 10.3. The van der Waals surface area contributed by atoms with Crippen LogP contribution in [0, 0.1) is 29.1 Å². The van der Waals surface area contributed by atoms with E-state index in [1.165, 1.54) is 0 Å². The lowest BCUT2D eigenvalue weighted by molar-refractivity contribution is -0.0231. The summed E-state index contributed by atoms with van der Waals surface area (Å²) in [6, 6.07) is 13.2. The summed E-state index contributed by atoms with van der Waals surface area (Å²) in [5.74, 6) is 8.03. The lowest BCUT2D eigenvalue weighted by Crippen LogP contribution is -2.37. The Labute approximate surface area is 255 Å². The minimum Gasteiger partial charge on any atom is -0.668 e. The first-order chi connectivity index (χ1) is 20.9. The minimum absolute atomic E-state index is 0.0722. The number of anilines is 1. The van der Waals surface area contributed by atoms with E-state index in [1.807, 2.05) is 36.4 Å². The fraction of sp³-hybridized carbons (Fsp3) is 0.528. The van der Waals surface area contributed by atoms with E-state index in [0.29, 0.717) is 43.9 Å². The van der Waals surface area contributed by atoms with E-state index in [2.05, 4.69) is 28.7 Å². The van der Waals surface area contributed by atoms with Gasteiger partial charge in [0.15, 0.2) is 11.5 Å². The second-order valence-electron chi connectivity index (χ2n) is 12.6. The molecule has 3 aromatic rings. The normalized spacial score (nSPS) is 25.0. The van der Waals surface area contributed by atoms with Crippen LogP contribution in [0.3, 0.4) is 0 Å². The highest BCUT2D eigenvalue weighted by atomic mass is 16.5. The van der Waals surface area contributed by atoms with Crippen LogP contribution in [0.2, 0.25) is 0 Å². The van der Waals surface area contributed by atoms with Crippen LogP contribution in [-0.2, 0) is 12.8 Å². The fourth-order valence-electron chi connectivity index (χ4n) is 7.02. The number of nitrogens with zero attached hydrogens (tertiary/aromatic N) is 2. The molecule has 0 saturated heterocycles. The maximum Gasteiger partial charge on any atom is 0.161 e. The van der Waals surface area contributed by atoms with Crippen molar-refractivity contribution in [3.05, 3.63) is 71.7 Å². The SMILES string of the molecule is CCC12C#CCC(C(O)CCc3ccc(O)c(OCCC(Cc4ccc[n-]4)c4ccnc(N)c4)c3)C(O)C(CCC1)CC2. The molecule has 1 fully saturated rings. The molecule has 2 aliphatic rings. The average molecular weight is 585 g/mol. The number of phenols is 1. The van der Waals surface area contributed by atoms with Crippen molar-refractivity contribution in [2.24, 2.45) is 17.3 Å². The van der Waals surface area contributed by atoms with Crippen LogP contribution in [-0.4, -0.2) is 39.1 Å². The molecule has 230 valence electrons. The number of hydrogen-bond acceptors (Lipinski definition) is 6. The second-order valence-corrected chi connectivity index (χ2v) is 12.6. The predicted octanol–water partition coefficient (Wildman–Crippen LogP) is 5.78. The zero-order valence-electron chi connectivity index (χ0n) is 25.3. The average Bonchev–Trinajstić information content (AvgIpc) is 3.45. The van der Waals surface area contributed by atoms with Gasteiger partial charge in [0.05, 0.1) is 18.8 Å². The van der Waals surface area contributed by atoms with Crippen LogP contribution < -0.4 is 15.5 Å². The van der Waals surface area contributed by atoms with E-state index in [-0.39, 0.29) is 28.9 Å². The molecular weight excluding hydrogens is 538 g/mol. The molecule has 43 heavy (non-hydrogen) atoms. The van der Waals surface area contributed by atoms with Crippen molar-refractivity contribution >= 4 is 5.82 Å². The molecule has 1 saturated carbocycles. The molecule has 1 aromatic carbocycles. The molecule has 7 nitrogen and oxygen atoms in total. The number of aliphatic hydroxyl groups is 2. The van der Waals surface area contributed by atoms with E-state index >= 15 is 0 Å². The van der Waals surface area contributed by atoms with Gasteiger partial charge in [-0.3, -0.25) is 0 Å². The zero-order valence-corrected chi connectivity index (χ0v) is 25.3. The first kappa shape index (κ1) is 31.0. The maximum atomic E-state index is 11.3. The Morgan fingerprint density at radius 3 is 2.84 bits per heavy atom. The van der Waals surface area contributed by atoms with Gasteiger partial charge in [0.2, 0.25) is 0 Å². The molecular formula is C36H46N3O4-. The van der Waals surface area contributed by atoms with E-state index in [9.17, 15) is 15.3 Å². The highest BCUT2D eigenvalue weighted by Crippen LogP contribution is 2.43. The summed E-state index contributed by atoms with van der Waals surface area (Å²) in [5, 5.41) is 33.1. The summed E-state index contributed by atoms with van der Waals surface area (Å²) < 4.78 is 6.09. The molecule has 2 aromatic heterocycles. The molecule has 2 bridgehead atoms. The Balaban J connectivity index is 1.20. The Morgan fingerprint density at radius 1 is 1.16 bits per heavy atom. The summed E-state index contributed by atoms with van der Waals surface area (Å²) in [6.45, 7) is 2.63. The van der Waals surface area contributed by atoms with Gasteiger partial charge in [-0.15, -0.1) is 5.92 Å². The van der Waals surface area contributed by atoms with Crippen molar-refractivity contribution < 1.29 is 20.1 Å². The maximum absolute atomic E-state index is 11.3. The number of aliphatic hydroxyl groups excluding tert-OH is 2. The van der Waals surface area contributed by atoms with Gasteiger partial charge in [0, 0.05) is 24.0 Å². The van der Waals surface area contributed by atoms with Crippen molar-refractivity contribution in [1.82, 2.24) is 9.97 Å². The van der Waals surface area contributed by atoms with Crippen LogP contribution >= 0.6 is 0 Å². The molecule has 6 unspecified atom stereocenters. The molecule has 2 heterocycles. The quantitative estimate of drug-likeness (QED) is 0.199. The standard InChI is InChI=1S/C36H46N3O4/c1-2-36-16-3-6-26(13-18-36)35(42)30(8-4-17-36)31(40)11-9-25-10-12-32(41)33(22-25)43-21-15-28(23-29-7-5-19-38-29)27-14-20-39-34(37)24-27/h5,7,10,12,14,19-20,22,24,26,28,30-31,35,40-42H,2-3,6,8-9,11,13,15-16,18,21,23H2,1H3,(H2,37,39)/q-1. The number of aryl methyl sites for hydroxylation is 1. The third-order valence-corrected chi connectivity index (χ3v) is 9.83. The number of rotatable bonds is 12. The predicted molar refractivity (Wildman–Crippen MR) is 169 cm³/mol. The van der Waals surface area contributed by atoms with E-state index in [4.69, 9.17) is 10.5 Å². The Morgan fingerprint density at radius 2 is 2.05 bits per heavy atom.